The monoisotopic (exact) mass is 383 g/mol. The molecule has 0 heterocycles. The van der Waals surface area contributed by atoms with Crippen LogP contribution in [0.5, 0.6) is 11.5 Å². The summed E-state index contributed by atoms with van der Waals surface area (Å²) in [5, 5.41) is 2.95. The smallest absolute Gasteiger partial charge is 0.307 e. The Kier molecular flexibility index (Phi) is 6.53. The van der Waals surface area contributed by atoms with Crippen LogP contribution in [-0.4, -0.2) is 32.1 Å². The molecule has 1 unspecified atom stereocenters. The third kappa shape index (κ3) is 5.25. The zero-order valence-electron chi connectivity index (χ0n) is 16.1. The SMILES string of the molecule is COC(=O)CC(NC(=O)c1ccc(OCc2ccccc2)c(OC)c1)C1CC1. The van der Waals surface area contributed by atoms with Crippen molar-refractivity contribution in [1.29, 1.82) is 0 Å². The van der Waals surface area contributed by atoms with Crippen molar-refractivity contribution in [3.8, 4) is 11.5 Å². The van der Waals surface area contributed by atoms with Crippen molar-refractivity contribution in [2.75, 3.05) is 14.2 Å². The van der Waals surface area contributed by atoms with Crippen LogP contribution in [-0.2, 0) is 16.1 Å². The van der Waals surface area contributed by atoms with E-state index in [-0.39, 0.29) is 24.3 Å². The second-order valence-corrected chi connectivity index (χ2v) is 6.84. The molecule has 1 aliphatic rings. The first-order valence-electron chi connectivity index (χ1n) is 9.33. The molecule has 6 nitrogen and oxygen atoms in total. The van der Waals surface area contributed by atoms with E-state index in [1.54, 1.807) is 18.2 Å². The van der Waals surface area contributed by atoms with Crippen molar-refractivity contribution in [1.82, 2.24) is 5.32 Å². The summed E-state index contributed by atoms with van der Waals surface area (Å²) in [6, 6.07) is 14.7. The van der Waals surface area contributed by atoms with Crippen LogP contribution in [0.4, 0.5) is 0 Å². The minimum absolute atomic E-state index is 0.183. The van der Waals surface area contributed by atoms with E-state index in [1.165, 1.54) is 14.2 Å². The molecule has 1 aliphatic carbocycles. The summed E-state index contributed by atoms with van der Waals surface area (Å²) in [4.78, 5) is 24.3. The van der Waals surface area contributed by atoms with E-state index in [2.05, 4.69) is 5.32 Å². The van der Waals surface area contributed by atoms with Crippen molar-refractivity contribution >= 4 is 11.9 Å². The fraction of sp³-hybridized carbons (Fsp3) is 0.364. The lowest BCUT2D eigenvalue weighted by Crippen LogP contribution is -2.38. The molecule has 0 saturated heterocycles. The van der Waals surface area contributed by atoms with E-state index < -0.39 is 0 Å². The van der Waals surface area contributed by atoms with Gasteiger partial charge in [0.1, 0.15) is 6.61 Å². The number of nitrogens with one attached hydrogen (secondary N) is 1. The van der Waals surface area contributed by atoms with E-state index >= 15 is 0 Å². The summed E-state index contributed by atoms with van der Waals surface area (Å²) in [6.07, 6.45) is 2.21. The molecule has 0 spiro atoms. The fourth-order valence-electron chi connectivity index (χ4n) is 3.01. The van der Waals surface area contributed by atoms with Crippen LogP contribution < -0.4 is 14.8 Å². The second kappa shape index (κ2) is 9.26. The highest BCUT2D eigenvalue weighted by Gasteiger charge is 2.34. The topological polar surface area (TPSA) is 73.9 Å². The number of hydrogen-bond acceptors (Lipinski definition) is 5. The quantitative estimate of drug-likeness (QED) is 0.672. The van der Waals surface area contributed by atoms with Crippen LogP contribution in [0.15, 0.2) is 48.5 Å². The number of carbonyl (C=O) groups excluding carboxylic acids is 2. The highest BCUT2D eigenvalue weighted by Crippen LogP contribution is 2.34. The van der Waals surface area contributed by atoms with Crippen molar-refractivity contribution in [2.24, 2.45) is 5.92 Å². The van der Waals surface area contributed by atoms with Gasteiger partial charge in [0.2, 0.25) is 0 Å². The van der Waals surface area contributed by atoms with Crippen molar-refractivity contribution < 1.29 is 23.8 Å². The fourth-order valence-corrected chi connectivity index (χ4v) is 3.01. The number of amides is 1. The second-order valence-electron chi connectivity index (χ2n) is 6.84. The molecule has 1 saturated carbocycles. The third-order valence-corrected chi connectivity index (χ3v) is 4.78. The molecule has 0 aliphatic heterocycles. The average Bonchev–Trinajstić information content (AvgIpc) is 3.57. The van der Waals surface area contributed by atoms with Crippen molar-refractivity contribution in [2.45, 2.75) is 31.9 Å². The minimum Gasteiger partial charge on any atom is -0.493 e. The van der Waals surface area contributed by atoms with Gasteiger partial charge in [-0.05, 0) is 42.5 Å². The lowest BCUT2D eigenvalue weighted by atomic mass is 10.1. The normalized spacial score (nSPS) is 14.1. The Balaban J connectivity index is 1.66. The van der Waals surface area contributed by atoms with Crippen LogP contribution in [0.1, 0.15) is 35.2 Å². The number of carbonyl (C=O) groups is 2. The Bertz CT molecular complexity index is 817. The molecular formula is C22H25NO5. The molecule has 0 radical (unpaired) electrons. The Morgan fingerprint density at radius 1 is 1.07 bits per heavy atom. The Labute approximate surface area is 164 Å². The van der Waals surface area contributed by atoms with Gasteiger partial charge in [0.15, 0.2) is 11.5 Å². The number of methoxy groups -OCH3 is 2. The first kappa shape index (κ1) is 19.7. The van der Waals surface area contributed by atoms with Gasteiger partial charge in [-0.2, -0.15) is 0 Å². The molecule has 6 heteroatoms. The Morgan fingerprint density at radius 2 is 1.82 bits per heavy atom. The third-order valence-electron chi connectivity index (χ3n) is 4.78. The summed E-state index contributed by atoms with van der Waals surface area (Å²) in [7, 11) is 2.89. The molecule has 148 valence electrons. The lowest BCUT2D eigenvalue weighted by molar-refractivity contribution is -0.141. The van der Waals surface area contributed by atoms with Gasteiger partial charge in [-0.15, -0.1) is 0 Å². The molecule has 3 rings (SSSR count). The van der Waals surface area contributed by atoms with Gasteiger partial charge in [-0.25, -0.2) is 0 Å². The Morgan fingerprint density at radius 3 is 2.46 bits per heavy atom. The van der Waals surface area contributed by atoms with Gasteiger partial charge in [0.05, 0.1) is 20.6 Å². The standard InChI is InChI=1S/C22H25NO5/c1-26-20-12-17(10-11-19(20)28-14-15-6-4-3-5-7-15)22(25)23-18(16-8-9-16)13-21(24)27-2/h3-7,10-12,16,18H,8-9,13-14H2,1-2H3,(H,23,25). The number of benzene rings is 2. The lowest BCUT2D eigenvalue weighted by Gasteiger charge is -2.18. The van der Waals surface area contributed by atoms with Crippen LogP contribution in [0.25, 0.3) is 0 Å². The molecule has 2 aromatic rings. The first-order valence-corrected chi connectivity index (χ1v) is 9.33. The maximum absolute atomic E-state index is 12.7. The van der Waals surface area contributed by atoms with E-state index in [9.17, 15) is 9.59 Å². The minimum atomic E-state index is -0.320. The van der Waals surface area contributed by atoms with Crippen molar-refractivity contribution in [3.63, 3.8) is 0 Å². The molecule has 0 bridgehead atoms. The van der Waals surface area contributed by atoms with Crippen LogP contribution >= 0.6 is 0 Å². The maximum Gasteiger partial charge on any atom is 0.307 e. The zero-order valence-corrected chi connectivity index (χ0v) is 16.1. The van der Waals surface area contributed by atoms with Gasteiger partial charge in [0.25, 0.3) is 5.91 Å². The number of hydrogen-bond donors (Lipinski definition) is 1. The van der Waals surface area contributed by atoms with Gasteiger partial charge in [0, 0.05) is 11.6 Å². The molecule has 1 atom stereocenters. The maximum atomic E-state index is 12.7. The number of ether oxygens (including phenoxy) is 3. The van der Waals surface area contributed by atoms with E-state index in [0.717, 1.165) is 18.4 Å². The average molecular weight is 383 g/mol. The summed E-state index contributed by atoms with van der Waals surface area (Å²) in [6.45, 7) is 0.408. The molecular weight excluding hydrogens is 358 g/mol. The predicted molar refractivity (Wildman–Crippen MR) is 104 cm³/mol. The van der Waals surface area contributed by atoms with Gasteiger partial charge >= 0.3 is 5.97 Å². The van der Waals surface area contributed by atoms with E-state index in [4.69, 9.17) is 14.2 Å². The summed E-state index contributed by atoms with van der Waals surface area (Å²) in [5.74, 6) is 0.822. The summed E-state index contributed by atoms with van der Waals surface area (Å²) >= 11 is 0. The van der Waals surface area contributed by atoms with Gasteiger partial charge in [-0.3, -0.25) is 9.59 Å². The Hall–Kier alpha value is -3.02. The molecule has 28 heavy (non-hydrogen) atoms. The molecule has 1 amide bonds. The zero-order chi connectivity index (χ0) is 19.9. The van der Waals surface area contributed by atoms with Gasteiger partial charge in [-0.1, -0.05) is 30.3 Å². The highest BCUT2D eigenvalue weighted by atomic mass is 16.5. The molecule has 1 fully saturated rings. The first-order chi connectivity index (χ1) is 13.6. The predicted octanol–water partition coefficient (Wildman–Crippen LogP) is 3.35. The number of rotatable bonds is 9. The van der Waals surface area contributed by atoms with Gasteiger partial charge < -0.3 is 19.5 Å². The summed E-state index contributed by atoms with van der Waals surface area (Å²) < 4.78 is 16.0. The van der Waals surface area contributed by atoms with E-state index in [0.29, 0.717) is 29.6 Å². The van der Waals surface area contributed by atoms with Crippen LogP contribution in [0.3, 0.4) is 0 Å². The highest BCUT2D eigenvalue weighted by molar-refractivity contribution is 5.95. The summed E-state index contributed by atoms with van der Waals surface area (Å²) in [5.41, 5.74) is 1.50. The van der Waals surface area contributed by atoms with Crippen LogP contribution in [0, 0.1) is 5.92 Å². The number of esters is 1. The molecule has 1 N–H and O–H groups in total. The van der Waals surface area contributed by atoms with Crippen molar-refractivity contribution in [3.05, 3.63) is 59.7 Å². The van der Waals surface area contributed by atoms with Crippen LogP contribution in [0.2, 0.25) is 0 Å². The molecule has 2 aromatic carbocycles. The molecule has 0 aromatic heterocycles. The largest absolute Gasteiger partial charge is 0.493 e. The van der Waals surface area contributed by atoms with E-state index in [1.807, 2.05) is 30.3 Å².